The number of carbonyl (C=O) groups excluding carboxylic acids is 2. The van der Waals surface area contributed by atoms with Crippen LogP contribution < -0.4 is 15.4 Å². The molecule has 33 heavy (non-hydrogen) atoms. The second-order valence-corrected chi connectivity index (χ2v) is 9.29. The lowest BCUT2D eigenvalue weighted by Gasteiger charge is -2.25. The zero-order valence-electron chi connectivity index (χ0n) is 19.9. The van der Waals surface area contributed by atoms with Gasteiger partial charge in [-0.3, -0.25) is 14.5 Å². The van der Waals surface area contributed by atoms with Crippen molar-refractivity contribution in [1.29, 1.82) is 0 Å². The van der Waals surface area contributed by atoms with E-state index in [1.807, 2.05) is 12.1 Å². The van der Waals surface area contributed by atoms with E-state index in [1.165, 1.54) is 5.56 Å². The van der Waals surface area contributed by atoms with Crippen LogP contribution in [-0.4, -0.2) is 56.2 Å². The van der Waals surface area contributed by atoms with Crippen molar-refractivity contribution >= 4 is 23.2 Å². The molecule has 0 bridgehead atoms. The summed E-state index contributed by atoms with van der Waals surface area (Å²) in [5.74, 6) is 0.696. The first-order valence-corrected chi connectivity index (χ1v) is 11.5. The first-order valence-electron chi connectivity index (χ1n) is 11.5. The Morgan fingerprint density at radius 2 is 1.48 bits per heavy atom. The topological polar surface area (TPSA) is 79.9 Å². The van der Waals surface area contributed by atoms with Crippen LogP contribution in [-0.2, 0) is 19.7 Å². The number of anilines is 2. The number of amides is 2. The Morgan fingerprint density at radius 3 is 2.06 bits per heavy atom. The normalized spacial score (nSPS) is 14.5. The summed E-state index contributed by atoms with van der Waals surface area (Å²) in [5, 5.41) is 5.77. The number of rotatable bonds is 9. The maximum atomic E-state index is 12.2. The molecule has 7 heteroatoms. The molecular weight excluding hydrogens is 418 g/mol. The van der Waals surface area contributed by atoms with Crippen LogP contribution in [0.1, 0.15) is 39.2 Å². The van der Waals surface area contributed by atoms with Gasteiger partial charge in [-0.2, -0.15) is 0 Å². The van der Waals surface area contributed by atoms with Gasteiger partial charge in [-0.05, 0) is 53.8 Å². The van der Waals surface area contributed by atoms with Crippen LogP contribution in [0.15, 0.2) is 48.5 Å². The van der Waals surface area contributed by atoms with Crippen molar-refractivity contribution in [2.45, 2.75) is 39.0 Å². The van der Waals surface area contributed by atoms with Crippen LogP contribution in [0, 0.1) is 0 Å². The summed E-state index contributed by atoms with van der Waals surface area (Å²) in [7, 11) is 0. The van der Waals surface area contributed by atoms with Crippen LogP contribution in [0.4, 0.5) is 11.4 Å². The summed E-state index contributed by atoms with van der Waals surface area (Å²) < 4.78 is 11.0. The van der Waals surface area contributed by atoms with Crippen LogP contribution in [0.25, 0.3) is 0 Å². The monoisotopic (exact) mass is 453 g/mol. The molecule has 2 aromatic carbocycles. The van der Waals surface area contributed by atoms with Gasteiger partial charge in [0.15, 0.2) is 0 Å². The summed E-state index contributed by atoms with van der Waals surface area (Å²) in [6.07, 6.45) is 1.00. The van der Waals surface area contributed by atoms with Crippen LogP contribution in [0.2, 0.25) is 0 Å². The van der Waals surface area contributed by atoms with Gasteiger partial charge < -0.3 is 20.1 Å². The van der Waals surface area contributed by atoms with Gasteiger partial charge >= 0.3 is 0 Å². The van der Waals surface area contributed by atoms with E-state index in [-0.39, 0.29) is 17.2 Å². The standard InChI is InChI=1S/C26H35N3O4/c1-26(2,3)20-6-12-23(13-7-20)33-16-4-5-24(30)27-21-8-10-22(11-9-21)28-25(31)19-29-14-17-32-18-15-29/h6-13H,4-5,14-19H2,1-3H3,(H,27,30)(H,28,31). The van der Waals surface area contributed by atoms with E-state index in [9.17, 15) is 9.59 Å². The highest BCUT2D eigenvalue weighted by Crippen LogP contribution is 2.24. The van der Waals surface area contributed by atoms with Crippen LogP contribution in [0.3, 0.4) is 0 Å². The summed E-state index contributed by atoms with van der Waals surface area (Å²) in [5.41, 5.74) is 2.78. The molecule has 1 aliphatic heterocycles. The number of carbonyl (C=O) groups is 2. The molecule has 7 nitrogen and oxygen atoms in total. The van der Waals surface area contributed by atoms with E-state index in [0.29, 0.717) is 50.6 Å². The fourth-order valence-electron chi connectivity index (χ4n) is 3.50. The van der Waals surface area contributed by atoms with Gasteiger partial charge in [-0.15, -0.1) is 0 Å². The number of nitrogens with zero attached hydrogens (tertiary/aromatic N) is 1. The SMILES string of the molecule is CC(C)(C)c1ccc(OCCCC(=O)Nc2ccc(NC(=O)CN3CCOCC3)cc2)cc1. The molecule has 0 aliphatic carbocycles. The lowest BCUT2D eigenvalue weighted by molar-refractivity contribution is -0.118. The van der Waals surface area contributed by atoms with Crippen molar-refractivity contribution in [3.05, 3.63) is 54.1 Å². The van der Waals surface area contributed by atoms with Gasteiger partial charge in [0.2, 0.25) is 11.8 Å². The maximum Gasteiger partial charge on any atom is 0.238 e. The lowest BCUT2D eigenvalue weighted by Crippen LogP contribution is -2.41. The third-order valence-corrected chi connectivity index (χ3v) is 5.46. The summed E-state index contributed by atoms with van der Waals surface area (Å²) in [4.78, 5) is 26.5. The van der Waals surface area contributed by atoms with E-state index in [1.54, 1.807) is 24.3 Å². The average molecular weight is 454 g/mol. The van der Waals surface area contributed by atoms with E-state index >= 15 is 0 Å². The fourth-order valence-corrected chi connectivity index (χ4v) is 3.50. The van der Waals surface area contributed by atoms with Gasteiger partial charge in [0.25, 0.3) is 0 Å². The number of hydrogen-bond acceptors (Lipinski definition) is 5. The number of benzene rings is 2. The molecule has 2 N–H and O–H groups in total. The molecular formula is C26H35N3O4. The highest BCUT2D eigenvalue weighted by atomic mass is 16.5. The van der Waals surface area contributed by atoms with Crippen molar-refractivity contribution in [3.8, 4) is 5.75 Å². The minimum atomic E-state index is -0.0641. The minimum Gasteiger partial charge on any atom is -0.494 e. The smallest absolute Gasteiger partial charge is 0.238 e. The molecule has 178 valence electrons. The van der Waals surface area contributed by atoms with E-state index in [2.05, 4.69) is 48.4 Å². The first kappa shape index (κ1) is 24.7. The van der Waals surface area contributed by atoms with E-state index < -0.39 is 0 Å². The van der Waals surface area contributed by atoms with Gasteiger partial charge in [0.05, 0.1) is 26.4 Å². The Kier molecular flexibility index (Phi) is 8.86. The lowest BCUT2D eigenvalue weighted by atomic mass is 9.87. The molecule has 1 fully saturated rings. The Labute approximate surface area is 196 Å². The molecule has 3 rings (SSSR count). The molecule has 0 atom stereocenters. The molecule has 0 spiro atoms. The molecule has 1 saturated heterocycles. The van der Waals surface area contributed by atoms with Crippen molar-refractivity contribution < 1.29 is 19.1 Å². The number of hydrogen-bond donors (Lipinski definition) is 2. The molecule has 0 radical (unpaired) electrons. The van der Waals surface area contributed by atoms with Crippen molar-refractivity contribution in [1.82, 2.24) is 4.90 Å². The predicted octanol–water partition coefficient (Wildman–Crippen LogP) is 4.05. The second kappa shape index (κ2) is 11.8. The van der Waals surface area contributed by atoms with Crippen molar-refractivity contribution in [2.24, 2.45) is 0 Å². The van der Waals surface area contributed by atoms with E-state index in [0.717, 1.165) is 18.8 Å². The van der Waals surface area contributed by atoms with Gasteiger partial charge in [0.1, 0.15) is 5.75 Å². The Hall–Kier alpha value is -2.90. The molecule has 0 aromatic heterocycles. The van der Waals surface area contributed by atoms with Gasteiger partial charge in [-0.1, -0.05) is 32.9 Å². The second-order valence-electron chi connectivity index (χ2n) is 9.29. The maximum absolute atomic E-state index is 12.2. The Balaban J connectivity index is 1.34. The highest BCUT2D eigenvalue weighted by molar-refractivity contribution is 5.93. The molecule has 2 amide bonds. The molecule has 1 heterocycles. The number of nitrogens with one attached hydrogen (secondary N) is 2. The van der Waals surface area contributed by atoms with Gasteiger partial charge in [0, 0.05) is 30.9 Å². The minimum absolute atomic E-state index is 0.0540. The van der Waals surface area contributed by atoms with Crippen molar-refractivity contribution in [2.75, 3.05) is 50.1 Å². The van der Waals surface area contributed by atoms with E-state index in [4.69, 9.17) is 9.47 Å². The quantitative estimate of drug-likeness (QED) is 0.560. The fraction of sp³-hybridized carbons (Fsp3) is 0.462. The largest absolute Gasteiger partial charge is 0.494 e. The average Bonchev–Trinajstić information content (AvgIpc) is 2.78. The summed E-state index contributed by atoms with van der Waals surface area (Å²) in [6, 6.07) is 15.3. The third-order valence-electron chi connectivity index (χ3n) is 5.46. The first-order chi connectivity index (χ1) is 15.8. The molecule has 0 saturated carbocycles. The predicted molar refractivity (Wildman–Crippen MR) is 131 cm³/mol. The zero-order chi connectivity index (χ0) is 23.7. The highest BCUT2D eigenvalue weighted by Gasteiger charge is 2.14. The zero-order valence-corrected chi connectivity index (χ0v) is 19.9. The molecule has 0 unspecified atom stereocenters. The Morgan fingerprint density at radius 1 is 0.909 bits per heavy atom. The van der Waals surface area contributed by atoms with Gasteiger partial charge in [-0.25, -0.2) is 0 Å². The summed E-state index contributed by atoms with van der Waals surface area (Å²) >= 11 is 0. The van der Waals surface area contributed by atoms with Crippen LogP contribution in [0.5, 0.6) is 5.75 Å². The van der Waals surface area contributed by atoms with Crippen LogP contribution >= 0.6 is 0 Å². The third kappa shape index (κ3) is 8.51. The molecule has 1 aliphatic rings. The number of morpholine rings is 1. The number of ether oxygens (including phenoxy) is 2. The Bertz CT molecular complexity index is 899. The van der Waals surface area contributed by atoms with Crippen molar-refractivity contribution in [3.63, 3.8) is 0 Å². The summed E-state index contributed by atoms with van der Waals surface area (Å²) in [6.45, 7) is 10.2. The molecule has 2 aromatic rings.